The molecule has 3 aromatic heterocycles. The molecule has 6 nitrogen and oxygen atoms in total. The van der Waals surface area contributed by atoms with Gasteiger partial charge in [0.1, 0.15) is 0 Å². The molecule has 1 aromatic carbocycles. The molecule has 0 radical (unpaired) electrons. The molecule has 7 heteroatoms. The topological polar surface area (TPSA) is 83.8 Å². The van der Waals surface area contributed by atoms with E-state index in [1.54, 1.807) is 6.92 Å². The maximum atomic E-state index is 12.7. The zero-order valence-corrected chi connectivity index (χ0v) is 13.9. The summed E-state index contributed by atoms with van der Waals surface area (Å²) < 4.78 is 5.45. The van der Waals surface area contributed by atoms with Crippen molar-refractivity contribution in [3.8, 4) is 10.8 Å². The number of anilines is 1. The van der Waals surface area contributed by atoms with Gasteiger partial charge in [0.05, 0.1) is 10.6 Å². The second kappa shape index (κ2) is 5.61. The Labute approximate surface area is 141 Å². The van der Waals surface area contributed by atoms with Gasteiger partial charge in [-0.15, -0.1) is 21.5 Å². The first-order valence-corrected chi connectivity index (χ1v) is 8.22. The lowest BCUT2D eigenvalue weighted by Gasteiger charge is -2.05. The minimum absolute atomic E-state index is 0.144. The average molecular weight is 338 g/mol. The highest BCUT2D eigenvalue weighted by molar-refractivity contribution is 7.15. The van der Waals surface area contributed by atoms with Gasteiger partial charge in [0.2, 0.25) is 5.89 Å². The van der Waals surface area contributed by atoms with Crippen molar-refractivity contribution < 1.29 is 9.21 Å². The molecular weight excluding hydrogens is 324 g/mol. The molecule has 1 amide bonds. The molecule has 0 fully saturated rings. The minimum Gasteiger partial charge on any atom is -0.420 e. The van der Waals surface area contributed by atoms with E-state index in [0.29, 0.717) is 17.3 Å². The molecule has 0 aliphatic carbocycles. The fourth-order valence-corrected chi connectivity index (χ4v) is 3.48. The number of aromatic nitrogens is 3. The molecular formula is C17H14N4O2S. The highest BCUT2D eigenvalue weighted by Gasteiger charge is 2.16. The van der Waals surface area contributed by atoms with Crippen molar-refractivity contribution in [3.05, 3.63) is 52.9 Å². The molecule has 24 heavy (non-hydrogen) atoms. The number of hydrogen-bond donors (Lipinski definition) is 2. The number of thiophene rings is 1. The van der Waals surface area contributed by atoms with E-state index in [1.165, 1.54) is 11.3 Å². The Morgan fingerprint density at radius 3 is 2.92 bits per heavy atom. The smallest absolute Gasteiger partial charge is 0.257 e. The summed E-state index contributed by atoms with van der Waals surface area (Å²) >= 11 is 1.51. The largest absolute Gasteiger partial charge is 0.420 e. The number of carbonyl (C=O) groups is 1. The van der Waals surface area contributed by atoms with Gasteiger partial charge in [-0.1, -0.05) is 6.07 Å². The summed E-state index contributed by atoms with van der Waals surface area (Å²) in [5.41, 5.74) is 2.32. The second-order valence-corrected chi connectivity index (χ2v) is 6.66. The van der Waals surface area contributed by atoms with Crippen molar-refractivity contribution in [2.45, 2.75) is 13.8 Å². The van der Waals surface area contributed by atoms with Crippen molar-refractivity contribution in [1.29, 1.82) is 0 Å². The van der Waals surface area contributed by atoms with Crippen LogP contribution in [-0.4, -0.2) is 21.1 Å². The predicted molar refractivity (Wildman–Crippen MR) is 93.3 cm³/mol. The number of H-pyrrole nitrogens is 1. The fraction of sp³-hybridized carbons (Fsp3) is 0.118. The molecule has 3 heterocycles. The number of aromatic amines is 1. The van der Waals surface area contributed by atoms with Crippen molar-refractivity contribution in [3.63, 3.8) is 0 Å². The van der Waals surface area contributed by atoms with E-state index < -0.39 is 0 Å². The van der Waals surface area contributed by atoms with Crippen LogP contribution in [0, 0.1) is 13.8 Å². The van der Waals surface area contributed by atoms with Gasteiger partial charge >= 0.3 is 0 Å². The van der Waals surface area contributed by atoms with E-state index in [-0.39, 0.29) is 5.91 Å². The van der Waals surface area contributed by atoms with Gasteiger partial charge in [0.15, 0.2) is 0 Å². The molecule has 0 atom stereocenters. The Bertz CT molecular complexity index is 1040. The predicted octanol–water partition coefficient (Wildman–Crippen LogP) is 4.15. The molecule has 0 bridgehead atoms. The average Bonchev–Trinajstić information content (AvgIpc) is 3.27. The molecule has 120 valence electrons. The first-order chi connectivity index (χ1) is 11.6. The van der Waals surface area contributed by atoms with Crippen LogP contribution in [0.15, 0.2) is 40.9 Å². The van der Waals surface area contributed by atoms with Crippen molar-refractivity contribution in [1.82, 2.24) is 15.2 Å². The molecule has 0 aliphatic rings. The van der Waals surface area contributed by atoms with Crippen molar-refractivity contribution >= 4 is 33.8 Å². The fourth-order valence-electron chi connectivity index (χ4n) is 2.58. The second-order valence-electron chi connectivity index (χ2n) is 5.41. The van der Waals surface area contributed by atoms with Gasteiger partial charge in [-0.25, -0.2) is 0 Å². The third-order valence-corrected chi connectivity index (χ3v) is 4.78. The van der Waals surface area contributed by atoms with Gasteiger partial charge in [0.25, 0.3) is 11.8 Å². The maximum absolute atomic E-state index is 12.7. The molecule has 0 spiro atoms. The molecule has 2 N–H and O–H groups in total. The lowest BCUT2D eigenvalue weighted by atomic mass is 10.1. The van der Waals surface area contributed by atoms with Crippen LogP contribution in [0.5, 0.6) is 0 Å². The number of rotatable bonds is 3. The lowest BCUT2D eigenvalue weighted by Crippen LogP contribution is -2.12. The first-order valence-electron chi connectivity index (χ1n) is 7.40. The number of hydrogen-bond acceptors (Lipinski definition) is 5. The van der Waals surface area contributed by atoms with Crippen LogP contribution < -0.4 is 5.32 Å². The number of fused-ring (bicyclic) bond motifs is 1. The summed E-state index contributed by atoms with van der Waals surface area (Å²) in [6.45, 7) is 3.70. The van der Waals surface area contributed by atoms with E-state index in [0.717, 1.165) is 26.3 Å². The van der Waals surface area contributed by atoms with Crippen molar-refractivity contribution in [2.24, 2.45) is 0 Å². The van der Waals surface area contributed by atoms with E-state index in [9.17, 15) is 4.79 Å². The SMILES string of the molecule is Cc1nnc(-c2cc(NC(=O)c3cccc4[nH]ccc34)c(C)s2)o1. The van der Waals surface area contributed by atoms with Gasteiger partial charge < -0.3 is 14.7 Å². The summed E-state index contributed by atoms with van der Waals surface area (Å²) in [7, 11) is 0. The number of nitrogens with one attached hydrogen (secondary N) is 2. The maximum Gasteiger partial charge on any atom is 0.257 e. The highest BCUT2D eigenvalue weighted by atomic mass is 32.1. The van der Waals surface area contributed by atoms with Gasteiger partial charge in [-0.3, -0.25) is 4.79 Å². The molecule has 0 aliphatic heterocycles. The third-order valence-electron chi connectivity index (χ3n) is 3.74. The third kappa shape index (κ3) is 2.48. The number of aryl methyl sites for hydroxylation is 2. The zero-order chi connectivity index (χ0) is 16.7. The monoisotopic (exact) mass is 338 g/mol. The van der Waals surface area contributed by atoms with E-state index >= 15 is 0 Å². The molecule has 0 unspecified atom stereocenters. The Kier molecular flexibility index (Phi) is 3.42. The van der Waals surface area contributed by atoms with E-state index in [4.69, 9.17) is 4.42 Å². The van der Waals surface area contributed by atoms with Crippen LogP contribution in [-0.2, 0) is 0 Å². The zero-order valence-electron chi connectivity index (χ0n) is 13.1. The quantitative estimate of drug-likeness (QED) is 0.588. The Morgan fingerprint density at radius 1 is 1.25 bits per heavy atom. The molecule has 0 saturated carbocycles. The van der Waals surface area contributed by atoms with Gasteiger partial charge in [-0.05, 0) is 31.2 Å². The summed E-state index contributed by atoms with van der Waals surface area (Å²) in [5.74, 6) is 0.837. The Balaban J connectivity index is 1.65. The Morgan fingerprint density at radius 2 is 2.12 bits per heavy atom. The number of carbonyl (C=O) groups excluding carboxylic acids is 1. The van der Waals surface area contributed by atoms with Crippen LogP contribution in [0.4, 0.5) is 5.69 Å². The van der Waals surface area contributed by atoms with Crippen molar-refractivity contribution in [2.75, 3.05) is 5.32 Å². The number of benzene rings is 1. The van der Waals surface area contributed by atoms with Gasteiger partial charge in [0, 0.05) is 34.5 Å². The van der Waals surface area contributed by atoms with Crippen LogP contribution in [0.3, 0.4) is 0 Å². The highest BCUT2D eigenvalue weighted by Crippen LogP contribution is 2.34. The summed E-state index contributed by atoms with van der Waals surface area (Å²) in [5, 5.41) is 11.7. The van der Waals surface area contributed by atoms with E-state index in [1.807, 2.05) is 43.5 Å². The van der Waals surface area contributed by atoms with Crippen LogP contribution in [0.25, 0.3) is 21.7 Å². The number of nitrogens with zero attached hydrogens (tertiary/aromatic N) is 2. The first kappa shape index (κ1) is 14.6. The Hall–Kier alpha value is -2.93. The van der Waals surface area contributed by atoms with Gasteiger partial charge in [-0.2, -0.15) is 0 Å². The lowest BCUT2D eigenvalue weighted by molar-refractivity contribution is 0.102. The normalized spacial score (nSPS) is 11.1. The van der Waals surface area contributed by atoms with Crippen LogP contribution in [0.1, 0.15) is 21.1 Å². The van der Waals surface area contributed by atoms with E-state index in [2.05, 4.69) is 20.5 Å². The summed E-state index contributed by atoms with van der Waals surface area (Å²) in [6.07, 6.45) is 1.83. The summed E-state index contributed by atoms with van der Waals surface area (Å²) in [6, 6.07) is 9.38. The molecule has 4 aromatic rings. The summed E-state index contributed by atoms with van der Waals surface area (Å²) in [4.78, 5) is 17.6. The number of amides is 1. The van der Waals surface area contributed by atoms with Crippen LogP contribution >= 0.6 is 11.3 Å². The molecule has 0 saturated heterocycles. The minimum atomic E-state index is -0.144. The van der Waals surface area contributed by atoms with Crippen LogP contribution in [0.2, 0.25) is 0 Å². The standard InChI is InChI=1S/C17H14N4O2S/c1-9-14(8-15(24-9)17-21-20-10(2)23-17)19-16(22)12-4-3-5-13-11(12)6-7-18-13/h3-8,18H,1-2H3,(H,19,22). The molecule has 4 rings (SSSR count).